The molecule has 0 spiro atoms. The number of nitrogens with one attached hydrogen (secondary N) is 1. The van der Waals surface area contributed by atoms with Crippen molar-refractivity contribution in [3.05, 3.63) is 62.4 Å². The molecule has 0 aliphatic carbocycles. The summed E-state index contributed by atoms with van der Waals surface area (Å²) in [7, 11) is 0. The predicted octanol–water partition coefficient (Wildman–Crippen LogP) is 5.67. The Hall–Kier alpha value is -1.77. The van der Waals surface area contributed by atoms with Gasteiger partial charge in [-0.15, -0.1) is 0 Å². The van der Waals surface area contributed by atoms with Crippen LogP contribution in [-0.2, 0) is 6.18 Å². The normalized spacial score (nSPS) is 11.8. The standard InChI is InChI=1S/C15H7BrCl2F3N3O/c16-12-11(15(19,20)21)23-13-9(5-2-6-24(12)13)22-14(25)10-7(17)3-1-4-8(10)18/h1-6H,(H,22,25). The Morgan fingerprint density at radius 1 is 1.16 bits per heavy atom. The van der Waals surface area contributed by atoms with Crippen molar-refractivity contribution < 1.29 is 18.0 Å². The number of halogens is 6. The van der Waals surface area contributed by atoms with Gasteiger partial charge in [0.25, 0.3) is 5.91 Å². The number of pyridine rings is 1. The van der Waals surface area contributed by atoms with Crippen molar-refractivity contribution in [3.63, 3.8) is 0 Å². The van der Waals surface area contributed by atoms with Crippen LogP contribution in [0.5, 0.6) is 0 Å². The average Bonchev–Trinajstić information content (AvgIpc) is 2.86. The smallest absolute Gasteiger partial charge is 0.319 e. The third-order valence-electron chi connectivity index (χ3n) is 3.30. The maximum absolute atomic E-state index is 13.0. The first kappa shape index (κ1) is 18.0. The van der Waals surface area contributed by atoms with E-state index in [1.807, 2.05) is 0 Å². The Morgan fingerprint density at radius 3 is 2.40 bits per heavy atom. The quantitative estimate of drug-likeness (QED) is 0.544. The topological polar surface area (TPSA) is 46.4 Å². The maximum Gasteiger partial charge on any atom is 0.436 e. The molecule has 0 aliphatic heterocycles. The van der Waals surface area contributed by atoms with Gasteiger partial charge in [0.05, 0.1) is 21.3 Å². The van der Waals surface area contributed by atoms with Crippen molar-refractivity contribution in [2.45, 2.75) is 6.18 Å². The van der Waals surface area contributed by atoms with Gasteiger partial charge in [-0.25, -0.2) is 4.98 Å². The Balaban J connectivity index is 2.07. The molecule has 2 aromatic heterocycles. The van der Waals surface area contributed by atoms with Crippen LogP contribution < -0.4 is 5.32 Å². The summed E-state index contributed by atoms with van der Waals surface area (Å²) >= 11 is 14.8. The SMILES string of the molecule is O=C(Nc1cccn2c(Br)c(C(F)(F)F)nc12)c1c(Cl)cccc1Cl. The highest BCUT2D eigenvalue weighted by Gasteiger charge is 2.37. The van der Waals surface area contributed by atoms with Gasteiger partial charge in [0.2, 0.25) is 0 Å². The number of fused-ring (bicyclic) bond motifs is 1. The molecule has 3 rings (SSSR count). The molecule has 0 unspecified atom stereocenters. The van der Waals surface area contributed by atoms with Gasteiger partial charge in [0, 0.05) is 6.20 Å². The van der Waals surface area contributed by atoms with Crippen LogP contribution in [0.4, 0.5) is 18.9 Å². The Bertz CT molecular complexity index is 968. The lowest BCUT2D eigenvalue weighted by Crippen LogP contribution is -2.14. The summed E-state index contributed by atoms with van der Waals surface area (Å²) in [4.78, 5) is 16.0. The van der Waals surface area contributed by atoms with Gasteiger partial charge in [-0.2, -0.15) is 13.2 Å². The molecule has 1 aromatic carbocycles. The van der Waals surface area contributed by atoms with Crippen LogP contribution in [0, 0.1) is 0 Å². The van der Waals surface area contributed by atoms with E-state index in [9.17, 15) is 18.0 Å². The van der Waals surface area contributed by atoms with Gasteiger partial charge in [-0.1, -0.05) is 29.3 Å². The van der Waals surface area contributed by atoms with Gasteiger partial charge in [0.15, 0.2) is 11.3 Å². The molecule has 0 bridgehead atoms. The number of carbonyl (C=O) groups is 1. The molecule has 0 saturated carbocycles. The highest BCUT2D eigenvalue weighted by Crippen LogP contribution is 2.36. The van der Waals surface area contributed by atoms with Crippen LogP contribution >= 0.6 is 39.1 Å². The van der Waals surface area contributed by atoms with Gasteiger partial charge in [-0.05, 0) is 40.2 Å². The molecule has 4 nitrogen and oxygen atoms in total. The van der Waals surface area contributed by atoms with Gasteiger partial charge >= 0.3 is 6.18 Å². The first-order valence-electron chi connectivity index (χ1n) is 6.69. The van der Waals surface area contributed by atoms with Crippen LogP contribution in [0.3, 0.4) is 0 Å². The van der Waals surface area contributed by atoms with E-state index in [0.29, 0.717) is 0 Å². The Kier molecular flexibility index (Phi) is 4.70. The molecule has 3 aromatic rings. The number of benzene rings is 1. The predicted molar refractivity (Wildman–Crippen MR) is 92.3 cm³/mol. The second kappa shape index (κ2) is 6.51. The van der Waals surface area contributed by atoms with Crippen LogP contribution in [0.2, 0.25) is 10.0 Å². The molecule has 0 aliphatic rings. The first-order valence-corrected chi connectivity index (χ1v) is 8.24. The lowest BCUT2D eigenvalue weighted by atomic mass is 10.2. The first-order chi connectivity index (χ1) is 11.7. The van der Waals surface area contributed by atoms with Crippen molar-refractivity contribution in [1.82, 2.24) is 9.38 Å². The highest BCUT2D eigenvalue weighted by atomic mass is 79.9. The Labute approximate surface area is 157 Å². The summed E-state index contributed by atoms with van der Waals surface area (Å²) in [5.74, 6) is -0.656. The summed E-state index contributed by atoms with van der Waals surface area (Å²) in [6.07, 6.45) is -3.25. The fourth-order valence-electron chi connectivity index (χ4n) is 2.22. The van der Waals surface area contributed by atoms with E-state index in [1.54, 1.807) is 6.07 Å². The molecule has 1 amide bonds. The van der Waals surface area contributed by atoms with Crippen molar-refractivity contribution >= 4 is 56.4 Å². The van der Waals surface area contributed by atoms with E-state index in [2.05, 4.69) is 26.2 Å². The van der Waals surface area contributed by atoms with E-state index >= 15 is 0 Å². The minimum atomic E-state index is -4.64. The molecule has 0 saturated heterocycles. The van der Waals surface area contributed by atoms with Crippen LogP contribution in [0.1, 0.15) is 16.1 Å². The molecule has 1 N–H and O–H groups in total. The number of carbonyl (C=O) groups excluding carboxylic acids is 1. The van der Waals surface area contributed by atoms with E-state index in [-0.39, 0.29) is 31.5 Å². The zero-order valence-electron chi connectivity index (χ0n) is 12.0. The van der Waals surface area contributed by atoms with E-state index in [4.69, 9.17) is 23.2 Å². The van der Waals surface area contributed by atoms with Crippen LogP contribution in [0.25, 0.3) is 5.65 Å². The van der Waals surface area contributed by atoms with Crippen LogP contribution in [0.15, 0.2) is 41.1 Å². The van der Waals surface area contributed by atoms with Crippen molar-refractivity contribution in [1.29, 1.82) is 0 Å². The minimum absolute atomic E-state index is 0.0227. The fraction of sp³-hybridized carbons (Fsp3) is 0.0667. The van der Waals surface area contributed by atoms with Crippen LogP contribution in [-0.4, -0.2) is 15.3 Å². The van der Waals surface area contributed by atoms with E-state index in [1.165, 1.54) is 34.9 Å². The highest BCUT2D eigenvalue weighted by molar-refractivity contribution is 9.10. The number of nitrogens with zero attached hydrogens (tertiary/aromatic N) is 2. The molecule has 2 heterocycles. The summed E-state index contributed by atoms with van der Waals surface area (Å²) in [6, 6.07) is 7.44. The number of imidazole rings is 1. The molecule has 0 atom stereocenters. The average molecular weight is 453 g/mol. The second-order valence-electron chi connectivity index (χ2n) is 4.92. The summed E-state index contributed by atoms with van der Waals surface area (Å²) in [6.45, 7) is 0. The number of rotatable bonds is 2. The van der Waals surface area contributed by atoms with E-state index in [0.717, 1.165) is 0 Å². The molecule has 0 fully saturated rings. The number of alkyl halides is 3. The van der Waals surface area contributed by atoms with E-state index < -0.39 is 17.8 Å². The number of anilines is 1. The lowest BCUT2D eigenvalue weighted by molar-refractivity contribution is -0.141. The van der Waals surface area contributed by atoms with Gasteiger partial charge in [0.1, 0.15) is 4.60 Å². The van der Waals surface area contributed by atoms with Crippen molar-refractivity contribution in [2.24, 2.45) is 0 Å². The van der Waals surface area contributed by atoms with Gasteiger partial charge < -0.3 is 5.32 Å². The fourth-order valence-corrected chi connectivity index (χ4v) is 3.39. The zero-order chi connectivity index (χ0) is 18.4. The van der Waals surface area contributed by atoms with Crippen molar-refractivity contribution in [3.8, 4) is 0 Å². The monoisotopic (exact) mass is 451 g/mol. The lowest BCUT2D eigenvalue weighted by Gasteiger charge is -2.09. The third-order valence-corrected chi connectivity index (χ3v) is 4.69. The molecule has 130 valence electrons. The molecule has 0 radical (unpaired) electrons. The van der Waals surface area contributed by atoms with Gasteiger partial charge in [-0.3, -0.25) is 9.20 Å². The second-order valence-corrected chi connectivity index (χ2v) is 6.48. The third kappa shape index (κ3) is 3.33. The number of aromatic nitrogens is 2. The summed E-state index contributed by atoms with van der Waals surface area (Å²) in [5, 5.41) is 2.74. The summed E-state index contributed by atoms with van der Waals surface area (Å²) in [5.41, 5.74) is -1.06. The Morgan fingerprint density at radius 2 is 1.80 bits per heavy atom. The number of hydrogen-bond acceptors (Lipinski definition) is 2. The number of amides is 1. The number of hydrogen-bond donors (Lipinski definition) is 1. The molecular weight excluding hydrogens is 446 g/mol. The van der Waals surface area contributed by atoms with Crippen molar-refractivity contribution in [2.75, 3.05) is 5.32 Å². The largest absolute Gasteiger partial charge is 0.436 e. The molecular formula is C15H7BrCl2F3N3O. The zero-order valence-corrected chi connectivity index (χ0v) is 15.1. The summed E-state index contributed by atoms with van der Waals surface area (Å²) < 4.78 is 40.0. The maximum atomic E-state index is 13.0. The molecule has 10 heteroatoms. The minimum Gasteiger partial charge on any atom is -0.319 e. The molecule has 25 heavy (non-hydrogen) atoms.